The Kier molecular flexibility index (Phi) is 5.18. The molecule has 0 aromatic heterocycles. The van der Waals surface area contributed by atoms with Crippen LogP contribution in [0, 0.1) is 5.41 Å². The minimum atomic E-state index is 0.222. The second kappa shape index (κ2) is 7.10. The van der Waals surface area contributed by atoms with Crippen molar-refractivity contribution in [1.82, 2.24) is 0 Å². The smallest absolute Gasteiger partial charge is 0.0923 e. The van der Waals surface area contributed by atoms with E-state index in [2.05, 4.69) is 45.1 Å². The van der Waals surface area contributed by atoms with Crippen LogP contribution in [0.25, 0.3) is 0 Å². The van der Waals surface area contributed by atoms with Crippen molar-refractivity contribution in [3.63, 3.8) is 0 Å². The van der Waals surface area contributed by atoms with Gasteiger partial charge >= 0.3 is 0 Å². The van der Waals surface area contributed by atoms with E-state index in [1.807, 2.05) is 30.3 Å². The first kappa shape index (κ1) is 14.6. The van der Waals surface area contributed by atoms with Crippen molar-refractivity contribution in [2.75, 3.05) is 11.4 Å². The molecule has 0 amide bonds. The molecule has 2 aromatic carbocycles. The van der Waals surface area contributed by atoms with Gasteiger partial charge < -0.3 is 10.6 Å². The maximum atomic E-state index is 7.41. The first-order valence-corrected chi connectivity index (χ1v) is 7.32. The minimum absolute atomic E-state index is 0.222. The van der Waals surface area contributed by atoms with Gasteiger partial charge in [-0.05, 0) is 29.8 Å². The van der Waals surface area contributed by atoms with E-state index < -0.39 is 0 Å². The molecule has 20 heavy (non-hydrogen) atoms. The molecule has 2 rings (SSSR count). The van der Waals surface area contributed by atoms with E-state index in [1.165, 1.54) is 5.56 Å². The third kappa shape index (κ3) is 4.38. The maximum Gasteiger partial charge on any atom is 0.0923 e. The van der Waals surface area contributed by atoms with Crippen molar-refractivity contribution in [1.29, 1.82) is 5.41 Å². The molecule has 4 heteroatoms. The molecule has 0 aliphatic heterocycles. The summed E-state index contributed by atoms with van der Waals surface area (Å²) in [6.07, 6.45) is 0.572. The zero-order valence-electron chi connectivity index (χ0n) is 11.2. The van der Waals surface area contributed by atoms with Crippen LogP contribution in [0.15, 0.2) is 59.1 Å². The van der Waals surface area contributed by atoms with Gasteiger partial charge in [-0.15, -0.1) is 0 Å². The Labute approximate surface area is 128 Å². The molecule has 104 valence electrons. The van der Waals surface area contributed by atoms with E-state index in [0.717, 1.165) is 23.2 Å². The Balaban J connectivity index is 2.16. The topological polar surface area (TPSA) is 53.1 Å². The van der Waals surface area contributed by atoms with Gasteiger partial charge in [0, 0.05) is 29.7 Å². The highest BCUT2D eigenvalue weighted by Crippen LogP contribution is 2.19. The van der Waals surface area contributed by atoms with E-state index >= 15 is 0 Å². The highest BCUT2D eigenvalue weighted by molar-refractivity contribution is 9.10. The number of rotatable bonds is 6. The number of benzene rings is 2. The van der Waals surface area contributed by atoms with E-state index in [9.17, 15) is 0 Å². The molecule has 3 N–H and O–H groups in total. The third-order valence-electron chi connectivity index (χ3n) is 3.03. The summed E-state index contributed by atoms with van der Waals surface area (Å²) in [6, 6.07) is 18.5. The van der Waals surface area contributed by atoms with Crippen LogP contribution in [-0.2, 0) is 6.54 Å². The molecule has 0 fully saturated rings. The number of para-hydroxylation sites is 1. The molecule has 0 aliphatic carbocycles. The summed E-state index contributed by atoms with van der Waals surface area (Å²) in [5.41, 5.74) is 7.86. The van der Waals surface area contributed by atoms with Crippen molar-refractivity contribution in [3.8, 4) is 0 Å². The average Bonchev–Trinajstić information content (AvgIpc) is 2.44. The SMILES string of the molecule is N=C(N)CCN(Cc1cccc(Br)c1)c1ccccc1. The zero-order chi connectivity index (χ0) is 14.4. The van der Waals surface area contributed by atoms with Crippen molar-refractivity contribution in [3.05, 3.63) is 64.6 Å². The van der Waals surface area contributed by atoms with Gasteiger partial charge in [-0.25, -0.2) is 0 Å². The zero-order valence-corrected chi connectivity index (χ0v) is 12.8. The molecule has 0 spiro atoms. The van der Waals surface area contributed by atoms with E-state index in [4.69, 9.17) is 11.1 Å². The standard InChI is InChI=1S/C16H18BrN3/c17-14-6-4-5-13(11-14)12-20(10-9-16(18)19)15-7-2-1-3-8-15/h1-8,11H,9-10,12H2,(H3,18,19). The van der Waals surface area contributed by atoms with Gasteiger partial charge in [-0.3, -0.25) is 5.41 Å². The molecule has 0 radical (unpaired) electrons. The van der Waals surface area contributed by atoms with Gasteiger partial charge in [0.2, 0.25) is 0 Å². The molecule has 0 saturated carbocycles. The largest absolute Gasteiger partial charge is 0.388 e. The Morgan fingerprint density at radius 2 is 1.85 bits per heavy atom. The molecule has 0 saturated heterocycles. The fraction of sp³-hybridized carbons (Fsp3) is 0.188. The number of nitrogens with two attached hydrogens (primary N) is 1. The van der Waals surface area contributed by atoms with Crippen LogP contribution in [0.4, 0.5) is 5.69 Å². The summed E-state index contributed by atoms with van der Waals surface area (Å²) in [7, 11) is 0. The summed E-state index contributed by atoms with van der Waals surface area (Å²) >= 11 is 3.50. The first-order valence-electron chi connectivity index (χ1n) is 6.52. The van der Waals surface area contributed by atoms with Crippen molar-refractivity contribution in [2.24, 2.45) is 5.73 Å². The quantitative estimate of drug-likeness (QED) is 0.625. The van der Waals surface area contributed by atoms with Gasteiger partial charge in [0.15, 0.2) is 0 Å². The number of amidine groups is 1. The second-order valence-electron chi connectivity index (χ2n) is 4.66. The highest BCUT2D eigenvalue weighted by Gasteiger charge is 2.08. The van der Waals surface area contributed by atoms with Crippen LogP contribution in [0.1, 0.15) is 12.0 Å². The predicted octanol–water partition coefficient (Wildman–Crippen LogP) is 3.78. The normalized spacial score (nSPS) is 10.2. The van der Waals surface area contributed by atoms with Gasteiger partial charge in [-0.2, -0.15) is 0 Å². The first-order chi connectivity index (χ1) is 9.65. The molecule has 0 atom stereocenters. The summed E-state index contributed by atoms with van der Waals surface area (Å²) in [4.78, 5) is 2.24. The molecule has 3 nitrogen and oxygen atoms in total. The molecular weight excluding hydrogens is 314 g/mol. The van der Waals surface area contributed by atoms with Gasteiger partial charge in [-0.1, -0.05) is 46.3 Å². The lowest BCUT2D eigenvalue weighted by Crippen LogP contribution is -2.27. The number of hydrogen-bond acceptors (Lipinski definition) is 2. The molecule has 0 aliphatic rings. The maximum absolute atomic E-state index is 7.41. The monoisotopic (exact) mass is 331 g/mol. The summed E-state index contributed by atoms with van der Waals surface area (Å²) in [6.45, 7) is 1.54. The van der Waals surface area contributed by atoms with Crippen LogP contribution in [0.3, 0.4) is 0 Å². The van der Waals surface area contributed by atoms with Gasteiger partial charge in [0.1, 0.15) is 0 Å². The van der Waals surface area contributed by atoms with Crippen molar-refractivity contribution in [2.45, 2.75) is 13.0 Å². The van der Waals surface area contributed by atoms with Crippen LogP contribution in [-0.4, -0.2) is 12.4 Å². The number of hydrogen-bond donors (Lipinski definition) is 2. The van der Waals surface area contributed by atoms with Crippen molar-refractivity contribution < 1.29 is 0 Å². The van der Waals surface area contributed by atoms with Crippen LogP contribution < -0.4 is 10.6 Å². The molecule has 0 unspecified atom stereocenters. The fourth-order valence-corrected chi connectivity index (χ4v) is 2.50. The van der Waals surface area contributed by atoms with E-state index in [1.54, 1.807) is 0 Å². The Morgan fingerprint density at radius 3 is 2.50 bits per heavy atom. The summed E-state index contributed by atoms with van der Waals surface area (Å²) in [5.74, 6) is 0.222. The second-order valence-corrected chi connectivity index (χ2v) is 5.58. The molecule has 0 bridgehead atoms. The van der Waals surface area contributed by atoms with Crippen LogP contribution in [0.2, 0.25) is 0 Å². The van der Waals surface area contributed by atoms with E-state index in [-0.39, 0.29) is 5.84 Å². The van der Waals surface area contributed by atoms with Gasteiger partial charge in [0.25, 0.3) is 0 Å². The molecule has 2 aromatic rings. The van der Waals surface area contributed by atoms with Crippen LogP contribution >= 0.6 is 15.9 Å². The molecular formula is C16H18BrN3. The Bertz CT molecular complexity index is 569. The average molecular weight is 332 g/mol. The lowest BCUT2D eigenvalue weighted by Gasteiger charge is -2.25. The third-order valence-corrected chi connectivity index (χ3v) is 3.53. The number of nitrogens with one attached hydrogen (secondary N) is 1. The molecule has 0 heterocycles. The number of halogens is 1. The summed E-state index contributed by atoms with van der Waals surface area (Å²) < 4.78 is 1.08. The Hall–Kier alpha value is -1.81. The van der Waals surface area contributed by atoms with Crippen LogP contribution in [0.5, 0.6) is 0 Å². The Morgan fingerprint density at radius 1 is 1.10 bits per heavy atom. The van der Waals surface area contributed by atoms with Crippen molar-refractivity contribution >= 4 is 27.5 Å². The summed E-state index contributed by atoms with van der Waals surface area (Å²) in [5, 5.41) is 7.41. The number of anilines is 1. The highest BCUT2D eigenvalue weighted by atomic mass is 79.9. The van der Waals surface area contributed by atoms with Gasteiger partial charge in [0.05, 0.1) is 5.84 Å². The lowest BCUT2D eigenvalue weighted by molar-refractivity contribution is 0.801. The fourth-order valence-electron chi connectivity index (χ4n) is 2.05. The van der Waals surface area contributed by atoms with E-state index in [0.29, 0.717) is 6.42 Å². The minimum Gasteiger partial charge on any atom is -0.388 e. The number of nitrogens with zero attached hydrogens (tertiary/aromatic N) is 1. The predicted molar refractivity (Wildman–Crippen MR) is 88.2 cm³/mol. The lowest BCUT2D eigenvalue weighted by atomic mass is 10.2.